The third kappa shape index (κ3) is 6.98. The van der Waals surface area contributed by atoms with Gasteiger partial charge in [-0.3, -0.25) is 14.8 Å². The molecule has 8 nitrogen and oxygen atoms in total. The molecule has 0 bridgehead atoms. The zero-order chi connectivity index (χ0) is 29.9. The summed E-state index contributed by atoms with van der Waals surface area (Å²) in [7, 11) is 0. The summed E-state index contributed by atoms with van der Waals surface area (Å²) in [5, 5.41) is 9.94. The van der Waals surface area contributed by atoms with Crippen LogP contribution in [0.15, 0.2) is 43.0 Å². The van der Waals surface area contributed by atoms with Crippen LogP contribution in [0.1, 0.15) is 73.6 Å². The number of carboxylic acids is 1. The number of benzene rings is 1. The number of carboxylic acid groups (broad SMARTS) is 1. The largest absolute Gasteiger partial charge is 0.478 e. The van der Waals surface area contributed by atoms with Crippen molar-refractivity contribution >= 4 is 17.6 Å². The molecule has 1 N–H and O–H groups in total. The molecular weight excluding hydrogens is 544 g/mol. The Bertz CT molecular complexity index is 1410. The van der Waals surface area contributed by atoms with Gasteiger partial charge in [0.1, 0.15) is 5.56 Å². The van der Waals surface area contributed by atoms with Crippen LogP contribution < -0.4 is 9.64 Å². The highest BCUT2D eigenvalue weighted by molar-refractivity contribution is 6.03. The second kappa shape index (κ2) is 12.2. The molecule has 12 heteroatoms. The number of halogens is 4. The Hall–Kier alpha value is -4.09. The molecule has 3 aromatic rings. The molecular formula is C29H30F4N4O4. The maximum absolute atomic E-state index is 15.4. The van der Waals surface area contributed by atoms with E-state index >= 15 is 4.39 Å². The standard InChI is InChI=1S/C29H30F4N4O4/c1-16(2)37(27(38)19-6-4-17(3)5-7-19)24-13-23(30)25(12-21(24)28(39)40)41-26-22(29(31,32)33)11-18(14-36-26)10-20-15-34-8-9-35-20/h8-9,11-17,19H,4-7,10H2,1-3H3,(H,39,40). The van der Waals surface area contributed by atoms with Gasteiger partial charge in [-0.15, -0.1) is 0 Å². The van der Waals surface area contributed by atoms with Gasteiger partial charge in [-0.2, -0.15) is 13.2 Å². The predicted octanol–water partition coefficient (Wildman–Crippen LogP) is 6.68. The number of hydrogen-bond donors (Lipinski definition) is 1. The lowest BCUT2D eigenvalue weighted by atomic mass is 9.82. The fourth-order valence-electron chi connectivity index (χ4n) is 4.96. The van der Waals surface area contributed by atoms with Crippen LogP contribution in [0.3, 0.4) is 0 Å². The number of hydrogen-bond acceptors (Lipinski definition) is 6. The molecule has 1 aliphatic rings. The van der Waals surface area contributed by atoms with E-state index in [1.165, 1.54) is 23.5 Å². The van der Waals surface area contributed by atoms with E-state index in [1.807, 2.05) is 0 Å². The SMILES string of the molecule is CC1CCC(C(=O)N(c2cc(F)c(Oc3ncc(Cc4cnccn4)cc3C(F)(F)F)cc2C(=O)O)C(C)C)CC1. The summed E-state index contributed by atoms with van der Waals surface area (Å²) in [6, 6.07) is 1.91. The van der Waals surface area contributed by atoms with Crippen LogP contribution in [0.4, 0.5) is 23.2 Å². The van der Waals surface area contributed by atoms with Gasteiger partial charge in [0.15, 0.2) is 11.6 Å². The Morgan fingerprint density at radius 1 is 1.07 bits per heavy atom. The van der Waals surface area contributed by atoms with Crippen LogP contribution in [0.2, 0.25) is 0 Å². The molecule has 0 atom stereocenters. The van der Waals surface area contributed by atoms with Gasteiger partial charge in [0.25, 0.3) is 0 Å². The average Bonchev–Trinajstić information content (AvgIpc) is 2.91. The van der Waals surface area contributed by atoms with Crippen LogP contribution >= 0.6 is 0 Å². The second-order valence-corrected chi connectivity index (χ2v) is 10.5. The smallest absolute Gasteiger partial charge is 0.421 e. The van der Waals surface area contributed by atoms with Gasteiger partial charge in [0.05, 0.1) is 16.9 Å². The van der Waals surface area contributed by atoms with Crippen LogP contribution in [-0.4, -0.2) is 38.0 Å². The quantitative estimate of drug-likeness (QED) is 0.299. The zero-order valence-electron chi connectivity index (χ0n) is 22.8. The molecule has 1 fully saturated rings. The van der Waals surface area contributed by atoms with Crippen LogP contribution in [0.5, 0.6) is 11.6 Å². The van der Waals surface area contributed by atoms with Gasteiger partial charge in [0, 0.05) is 55.3 Å². The first-order chi connectivity index (χ1) is 19.3. The minimum Gasteiger partial charge on any atom is -0.478 e. The molecule has 1 amide bonds. The van der Waals surface area contributed by atoms with E-state index in [4.69, 9.17) is 4.74 Å². The van der Waals surface area contributed by atoms with Crippen molar-refractivity contribution in [3.05, 3.63) is 71.2 Å². The van der Waals surface area contributed by atoms with Crippen molar-refractivity contribution in [3.63, 3.8) is 0 Å². The minimum atomic E-state index is -4.91. The fraction of sp³-hybridized carbons (Fsp3) is 0.414. The van der Waals surface area contributed by atoms with Gasteiger partial charge < -0.3 is 14.7 Å². The number of nitrogens with zero attached hydrogens (tertiary/aromatic N) is 4. The van der Waals surface area contributed by atoms with E-state index < -0.39 is 46.8 Å². The highest BCUT2D eigenvalue weighted by Crippen LogP contribution is 2.40. The molecule has 0 radical (unpaired) electrons. The van der Waals surface area contributed by atoms with Crippen LogP contribution in [0.25, 0.3) is 0 Å². The number of aromatic carboxylic acids is 1. The maximum atomic E-state index is 15.4. The monoisotopic (exact) mass is 574 g/mol. The van der Waals surface area contributed by atoms with E-state index in [-0.39, 0.29) is 29.5 Å². The normalized spacial score (nSPS) is 17.4. The van der Waals surface area contributed by atoms with Crippen molar-refractivity contribution in [2.75, 3.05) is 4.90 Å². The lowest BCUT2D eigenvalue weighted by Gasteiger charge is -2.34. The van der Waals surface area contributed by atoms with Crippen molar-refractivity contribution in [2.24, 2.45) is 11.8 Å². The summed E-state index contributed by atoms with van der Waals surface area (Å²) >= 11 is 0. The Labute approximate surface area is 234 Å². The van der Waals surface area contributed by atoms with E-state index in [9.17, 15) is 27.9 Å². The first-order valence-electron chi connectivity index (χ1n) is 13.2. The van der Waals surface area contributed by atoms with Crippen molar-refractivity contribution in [1.29, 1.82) is 0 Å². The molecule has 0 spiro atoms. The molecule has 218 valence electrons. The molecule has 2 aromatic heterocycles. The number of amides is 1. The lowest BCUT2D eigenvalue weighted by Crippen LogP contribution is -2.43. The third-order valence-corrected chi connectivity index (χ3v) is 7.08. The topological polar surface area (TPSA) is 106 Å². The van der Waals surface area contributed by atoms with E-state index in [0.717, 1.165) is 37.2 Å². The zero-order valence-corrected chi connectivity index (χ0v) is 22.8. The molecule has 0 unspecified atom stereocenters. The summed E-state index contributed by atoms with van der Waals surface area (Å²) in [6.45, 7) is 5.46. The van der Waals surface area contributed by atoms with Gasteiger partial charge in [0.2, 0.25) is 11.8 Å². The van der Waals surface area contributed by atoms with Gasteiger partial charge in [-0.1, -0.05) is 6.92 Å². The summed E-state index contributed by atoms with van der Waals surface area (Å²) in [6.07, 6.45) is 3.43. The highest BCUT2D eigenvalue weighted by Gasteiger charge is 2.37. The maximum Gasteiger partial charge on any atom is 0.421 e. The minimum absolute atomic E-state index is 0.00932. The lowest BCUT2D eigenvalue weighted by molar-refractivity contribution is -0.139. The first-order valence-corrected chi connectivity index (χ1v) is 13.2. The molecule has 1 aliphatic carbocycles. The predicted molar refractivity (Wildman–Crippen MR) is 141 cm³/mol. The van der Waals surface area contributed by atoms with Crippen LogP contribution in [-0.2, 0) is 17.4 Å². The van der Waals surface area contributed by atoms with E-state index in [1.54, 1.807) is 13.8 Å². The number of ether oxygens (including phenoxy) is 1. The molecule has 1 saturated carbocycles. The molecule has 2 heterocycles. The molecule has 0 saturated heterocycles. The molecule has 4 rings (SSSR count). The van der Waals surface area contributed by atoms with Crippen molar-refractivity contribution < 1.29 is 37.0 Å². The average molecular weight is 575 g/mol. The fourth-order valence-corrected chi connectivity index (χ4v) is 4.96. The summed E-state index contributed by atoms with van der Waals surface area (Å²) in [5.41, 5.74) is -1.37. The number of rotatable bonds is 8. The Morgan fingerprint density at radius 2 is 1.78 bits per heavy atom. The third-order valence-electron chi connectivity index (χ3n) is 7.08. The van der Waals surface area contributed by atoms with Gasteiger partial charge in [-0.05, 0) is 57.1 Å². The van der Waals surface area contributed by atoms with E-state index in [0.29, 0.717) is 24.5 Å². The van der Waals surface area contributed by atoms with Crippen LogP contribution in [0, 0.1) is 17.7 Å². The number of alkyl halides is 3. The Morgan fingerprint density at radius 3 is 2.37 bits per heavy atom. The molecule has 0 aliphatic heterocycles. The number of anilines is 1. The second-order valence-electron chi connectivity index (χ2n) is 10.5. The summed E-state index contributed by atoms with van der Waals surface area (Å²) in [4.78, 5) is 38.6. The number of pyridine rings is 1. The van der Waals surface area contributed by atoms with Crippen molar-refractivity contribution in [1.82, 2.24) is 15.0 Å². The Balaban J connectivity index is 1.69. The highest BCUT2D eigenvalue weighted by atomic mass is 19.4. The van der Waals surface area contributed by atoms with Crippen molar-refractivity contribution in [2.45, 2.75) is 65.1 Å². The van der Waals surface area contributed by atoms with Gasteiger partial charge >= 0.3 is 12.1 Å². The summed E-state index contributed by atoms with van der Waals surface area (Å²) in [5.74, 6) is -4.53. The van der Waals surface area contributed by atoms with Gasteiger partial charge in [-0.25, -0.2) is 14.2 Å². The number of carbonyl (C=O) groups excluding carboxylic acids is 1. The molecule has 41 heavy (non-hydrogen) atoms. The van der Waals surface area contributed by atoms with E-state index in [2.05, 4.69) is 21.9 Å². The number of aromatic nitrogens is 3. The van der Waals surface area contributed by atoms with Crippen molar-refractivity contribution in [3.8, 4) is 11.6 Å². The first kappa shape index (κ1) is 29.9. The Kier molecular flexibility index (Phi) is 8.89. The number of carbonyl (C=O) groups is 2. The molecule has 1 aromatic carbocycles. The summed E-state index contributed by atoms with van der Waals surface area (Å²) < 4.78 is 62.5.